The topological polar surface area (TPSA) is 0 Å². The van der Waals surface area contributed by atoms with Crippen LogP contribution in [0.2, 0.25) is 0 Å². The van der Waals surface area contributed by atoms with Crippen molar-refractivity contribution < 1.29 is 17.6 Å². The lowest BCUT2D eigenvalue weighted by Crippen LogP contribution is -2.17. The van der Waals surface area contributed by atoms with Gasteiger partial charge in [0, 0.05) is 0 Å². The smallest absolute Gasteiger partial charge is 0.217 e. The quantitative estimate of drug-likeness (QED) is 0.470. The standard InChI is InChI=1S/C4H2Cl2F4/c5-1-4(6,10)2(7)3(8)9/h1H2. The van der Waals surface area contributed by atoms with E-state index in [2.05, 4.69) is 11.6 Å². The minimum absolute atomic E-state index is 1.06. The summed E-state index contributed by atoms with van der Waals surface area (Å²) in [6, 6.07) is 0. The van der Waals surface area contributed by atoms with Gasteiger partial charge in [-0.3, -0.25) is 0 Å². The van der Waals surface area contributed by atoms with Gasteiger partial charge in [-0.15, -0.1) is 11.6 Å². The van der Waals surface area contributed by atoms with Crippen LogP contribution in [0.25, 0.3) is 0 Å². The molecule has 6 heteroatoms. The molecular formula is C4H2Cl2F4. The van der Waals surface area contributed by atoms with Crippen molar-refractivity contribution in [3.8, 4) is 0 Å². The van der Waals surface area contributed by atoms with Crippen molar-refractivity contribution in [2.24, 2.45) is 0 Å². The highest BCUT2D eigenvalue weighted by molar-refractivity contribution is 6.31. The first-order valence-electron chi connectivity index (χ1n) is 2.07. The van der Waals surface area contributed by atoms with Crippen LogP contribution in [0.4, 0.5) is 17.6 Å². The van der Waals surface area contributed by atoms with Crippen molar-refractivity contribution >= 4 is 23.2 Å². The molecule has 1 atom stereocenters. The molecule has 0 rings (SSSR count). The van der Waals surface area contributed by atoms with Gasteiger partial charge in [0.25, 0.3) is 5.13 Å². The normalized spacial score (nSPS) is 16.2. The van der Waals surface area contributed by atoms with Crippen molar-refractivity contribution in [3.05, 3.63) is 11.9 Å². The van der Waals surface area contributed by atoms with Gasteiger partial charge in [0.15, 0.2) is 0 Å². The molecule has 0 aromatic rings. The minimum Gasteiger partial charge on any atom is -0.217 e. The second kappa shape index (κ2) is 3.44. The molecule has 0 aliphatic carbocycles. The Hall–Kier alpha value is 0.0400. The summed E-state index contributed by atoms with van der Waals surface area (Å²) in [4.78, 5) is 0. The molecule has 60 valence electrons. The molecule has 0 N–H and O–H groups in total. The van der Waals surface area contributed by atoms with Gasteiger partial charge in [-0.2, -0.15) is 8.78 Å². The Kier molecular flexibility index (Phi) is 3.45. The molecule has 10 heavy (non-hydrogen) atoms. The van der Waals surface area contributed by atoms with Crippen LogP contribution in [0.15, 0.2) is 11.9 Å². The molecule has 0 nitrogen and oxygen atoms in total. The SMILES string of the molecule is FC(F)=C(F)C(F)(Cl)CCl. The van der Waals surface area contributed by atoms with Crippen LogP contribution in [0.1, 0.15) is 0 Å². The molecule has 0 fully saturated rings. The van der Waals surface area contributed by atoms with Crippen molar-refractivity contribution in [3.63, 3.8) is 0 Å². The number of allylic oxidation sites excluding steroid dienone is 1. The maximum Gasteiger partial charge on any atom is 0.306 e. The molecule has 1 unspecified atom stereocenters. The monoisotopic (exact) mass is 196 g/mol. The summed E-state index contributed by atoms with van der Waals surface area (Å²) in [7, 11) is 0. The summed E-state index contributed by atoms with van der Waals surface area (Å²) in [5, 5.41) is -3.28. The zero-order valence-electron chi connectivity index (χ0n) is 4.47. The number of alkyl halides is 3. The molecule has 0 saturated carbocycles. The van der Waals surface area contributed by atoms with Crippen molar-refractivity contribution in [1.29, 1.82) is 0 Å². The van der Waals surface area contributed by atoms with Crippen molar-refractivity contribution in [2.45, 2.75) is 5.13 Å². The molecule has 0 aromatic carbocycles. The maximum atomic E-state index is 12.2. The first kappa shape index (κ1) is 10.0. The Balaban J connectivity index is 4.49. The molecule has 0 aliphatic rings. The molecule has 0 radical (unpaired) electrons. The summed E-state index contributed by atoms with van der Waals surface area (Å²) in [5.74, 6) is -3.39. The van der Waals surface area contributed by atoms with Crippen LogP contribution in [-0.4, -0.2) is 11.0 Å². The first-order valence-corrected chi connectivity index (χ1v) is 2.98. The van der Waals surface area contributed by atoms with E-state index in [0.717, 1.165) is 0 Å². The fourth-order valence-corrected chi connectivity index (χ4v) is 0.386. The van der Waals surface area contributed by atoms with E-state index in [-0.39, 0.29) is 0 Å². The fraction of sp³-hybridized carbons (Fsp3) is 0.500. The van der Waals surface area contributed by atoms with E-state index >= 15 is 0 Å². The summed E-state index contributed by atoms with van der Waals surface area (Å²) < 4.78 is 46.5. The lowest BCUT2D eigenvalue weighted by molar-refractivity contribution is 0.265. The van der Waals surface area contributed by atoms with E-state index in [9.17, 15) is 17.6 Å². The minimum atomic E-state index is -3.28. The third-order valence-corrected chi connectivity index (χ3v) is 1.46. The second-order valence-electron chi connectivity index (χ2n) is 1.41. The summed E-state index contributed by atoms with van der Waals surface area (Å²) >= 11 is 9.27. The van der Waals surface area contributed by atoms with E-state index in [1.165, 1.54) is 0 Å². The summed E-state index contributed by atoms with van der Waals surface area (Å²) in [5.41, 5.74) is 0. The Labute approximate surface area is 64.4 Å². The average Bonchev–Trinajstić information content (AvgIpc) is 1.86. The first-order chi connectivity index (χ1) is 4.41. The lowest BCUT2D eigenvalue weighted by Gasteiger charge is -2.09. The Morgan fingerprint density at radius 1 is 1.30 bits per heavy atom. The fourth-order valence-electron chi connectivity index (χ4n) is 0.197. The Morgan fingerprint density at radius 3 is 1.80 bits per heavy atom. The van der Waals surface area contributed by atoms with Gasteiger partial charge in [-0.05, 0) is 0 Å². The predicted molar refractivity (Wildman–Crippen MR) is 30.8 cm³/mol. The highest BCUT2D eigenvalue weighted by Gasteiger charge is 2.35. The molecule has 0 amide bonds. The largest absolute Gasteiger partial charge is 0.306 e. The van der Waals surface area contributed by atoms with Crippen LogP contribution in [0, 0.1) is 0 Å². The molecular weight excluding hydrogens is 195 g/mol. The zero-order chi connectivity index (χ0) is 8.36. The van der Waals surface area contributed by atoms with Crippen molar-refractivity contribution in [1.82, 2.24) is 0 Å². The average molecular weight is 197 g/mol. The van der Waals surface area contributed by atoms with E-state index in [4.69, 9.17) is 11.6 Å². The van der Waals surface area contributed by atoms with Gasteiger partial charge in [0.1, 0.15) is 0 Å². The molecule has 0 saturated heterocycles. The molecule has 0 bridgehead atoms. The summed E-state index contributed by atoms with van der Waals surface area (Å²) in [6.07, 6.45) is -2.79. The number of rotatable bonds is 2. The number of hydrogen-bond acceptors (Lipinski definition) is 0. The van der Waals surface area contributed by atoms with Gasteiger partial charge in [-0.25, -0.2) is 8.78 Å². The third kappa shape index (κ3) is 2.34. The molecule has 0 heterocycles. The van der Waals surface area contributed by atoms with Crippen LogP contribution < -0.4 is 0 Å². The van der Waals surface area contributed by atoms with Crippen LogP contribution in [0.5, 0.6) is 0 Å². The lowest BCUT2D eigenvalue weighted by atomic mass is 10.4. The Bertz CT molecular complexity index is 149. The van der Waals surface area contributed by atoms with Gasteiger partial charge in [-0.1, -0.05) is 11.6 Å². The maximum absolute atomic E-state index is 12.2. The van der Waals surface area contributed by atoms with Gasteiger partial charge < -0.3 is 0 Å². The van der Waals surface area contributed by atoms with Crippen LogP contribution in [-0.2, 0) is 0 Å². The van der Waals surface area contributed by atoms with Crippen LogP contribution in [0.3, 0.4) is 0 Å². The third-order valence-electron chi connectivity index (χ3n) is 0.655. The summed E-state index contributed by atoms with van der Waals surface area (Å²) in [6.45, 7) is 0. The molecule has 0 aliphatic heterocycles. The number of halogens is 6. The van der Waals surface area contributed by atoms with E-state index in [0.29, 0.717) is 0 Å². The van der Waals surface area contributed by atoms with Gasteiger partial charge >= 0.3 is 6.08 Å². The highest BCUT2D eigenvalue weighted by atomic mass is 35.5. The molecule has 0 spiro atoms. The second-order valence-corrected chi connectivity index (χ2v) is 2.28. The zero-order valence-corrected chi connectivity index (χ0v) is 5.99. The highest BCUT2D eigenvalue weighted by Crippen LogP contribution is 2.32. The van der Waals surface area contributed by atoms with Gasteiger partial charge in [0.05, 0.1) is 5.88 Å². The van der Waals surface area contributed by atoms with Gasteiger partial charge in [0.2, 0.25) is 5.83 Å². The Morgan fingerprint density at radius 2 is 1.70 bits per heavy atom. The predicted octanol–water partition coefficient (Wildman–Crippen LogP) is 3.21. The van der Waals surface area contributed by atoms with Crippen LogP contribution >= 0.6 is 23.2 Å². The number of hydrogen-bond donors (Lipinski definition) is 0. The van der Waals surface area contributed by atoms with Crippen molar-refractivity contribution in [2.75, 3.05) is 5.88 Å². The van der Waals surface area contributed by atoms with E-state index in [1.807, 2.05) is 0 Å². The molecule has 0 aromatic heterocycles. The van der Waals surface area contributed by atoms with E-state index in [1.54, 1.807) is 0 Å². The van der Waals surface area contributed by atoms with E-state index < -0.39 is 22.9 Å².